The Bertz CT molecular complexity index is 790. The number of hydrogen-bond acceptors (Lipinski definition) is 5. The molecule has 1 fully saturated rings. The van der Waals surface area contributed by atoms with Crippen molar-refractivity contribution in [3.63, 3.8) is 0 Å². The number of methoxy groups -OCH3 is 1. The fourth-order valence-electron chi connectivity index (χ4n) is 2.14. The third kappa shape index (κ3) is 3.83. The number of rotatable bonds is 5. The lowest BCUT2D eigenvalue weighted by molar-refractivity contribution is 0.0600. The molecular weight excluding hydrogens is 330 g/mol. The van der Waals surface area contributed by atoms with Gasteiger partial charge in [-0.05, 0) is 43.2 Å². The summed E-state index contributed by atoms with van der Waals surface area (Å²) in [4.78, 5) is 27.8. The summed E-state index contributed by atoms with van der Waals surface area (Å²) in [5, 5.41) is 6.43. The molecule has 3 rings (SSSR count). The van der Waals surface area contributed by atoms with E-state index in [1.807, 2.05) is 0 Å². The Morgan fingerprint density at radius 2 is 2.04 bits per heavy atom. The summed E-state index contributed by atoms with van der Waals surface area (Å²) in [6, 6.07) is 8.41. The highest BCUT2D eigenvalue weighted by molar-refractivity contribution is 6.33. The van der Waals surface area contributed by atoms with Crippen LogP contribution in [0.15, 0.2) is 36.5 Å². The minimum absolute atomic E-state index is 0.199. The molecule has 0 bridgehead atoms. The SMILES string of the molecule is COC(=O)c1ccc(Cl)c(Nc2ccnc(C(=O)NC3CC3)c2)c1. The molecule has 124 valence electrons. The Balaban J connectivity index is 1.80. The van der Waals surface area contributed by atoms with Gasteiger partial charge >= 0.3 is 5.97 Å². The van der Waals surface area contributed by atoms with Gasteiger partial charge in [-0.1, -0.05) is 11.6 Å². The Labute approximate surface area is 144 Å². The minimum atomic E-state index is -0.450. The molecule has 1 heterocycles. The molecule has 0 atom stereocenters. The van der Waals surface area contributed by atoms with Gasteiger partial charge in [0, 0.05) is 17.9 Å². The number of hydrogen-bond donors (Lipinski definition) is 2. The maximum atomic E-state index is 12.1. The zero-order valence-electron chi connectivity index (χ0n) is 13.0. The van der Waals surface area contributed by atoms with Gasteiger partial charge in [0.2, 0.25) is 0 Å². The lowest BCUT2D eigenvalue weighted by Gasteiger charge is -2.11. The van der Waals surface area contributed by atoms with Crippen LogP contribution in [0.5, 0.6) is 0 Å². The van der Waals surface area contributed by atoms with Crippen molar-refractivity contribution in [3.05, 3.63) is 52.8 Å². The number of esters is 1. The number of anilines is 2. The second-order valence-electron chi connectivity index (χ2n) is 5.49. The molecule has 1 aromatic carbocycles. The number of benzene rings is 1. The quantitative estimate of drug-likeness (QED) is 0.814. The standard InChI is InChI=1S/C17H16ClN3O3/c1-24-17(23)10-2-5-13(18)14(8-10)20-12-6-7-19-15(9-12)16(22)21-11-3-4-11/h2,5-9,11H,3-4H2,1H3,(H,19,20)(H,21,22). The Kier molecular flexibility index (Phi) is 4.66. The van der Waals surface area contributed by atoms with Gasteiger partial charge in [0.1, 0.15) is 5.69 Å². The fraction of sp³-hybridized carbons (Fsp3) is 0.235. The molecule has 2 N–H and O–H groups in total. The molecule has 1 amide bonds. The van der Waals surface area contributed by atoms with Crippen LogP contribution in [0.2, 0.25) is 5.02 Å². The molecule has 0 unspecified atom stereocenters. The van der Waals surface area contributed by atoms with Gasteiger partial charge in [-0.2, -0.15) is 0 Å². The summed E-state index contributed by atoms with van der Waals surface area (Å²) in [5.74, 6) is -0.649. The Hall–Kier alpha value is -2.60. The highest BCUT2D eigenvalue weighted by Gasteiger charge is 2.24. The van der Waals surface area contributed by atoms with Crippen LogP contribution in [0.4, 0.5) is 11.4 Å². The molecule has 7 heteroatoms. The zero-order chi connectivity index (χ0) is 17.1. The molecule has 1 aromatic heterocycles. The first-order chi connectivity index (χ1) is 11.6. The summed E-state index contributed by atoms with van der Waals surface area (Å²) in [6.45, 7) is 0. The van der Waals surface area contributed by atoms with E-state index >= 15 is 0 Å². The number of ether oxygens (including phenoxy) is 1. The lowest BCUT2D eigenvalue weighted by Crippen LogP contribution is -2.26. The van der Waals surface area contributed by atoms with E-state index < -0.39 is 5.97 Å². The maximum absolute atomic E-state index is 12.1. The molecule has 2 aromatic rings. The molecule has 0 spiro atoms. The lowest BCUT2D eigenvalue weighted by atomic mass is 10.2. The predicted octanol–water partition coefficient (Wildman–Crippen LogP) is 3.16. The van der Waals surface area contributed by atoms with Crippen molar-refractivity contribution >= 4 is 34.9 Å². The number of carbonyl (C=O) groups excluding carboxylic acids is 2. The van der Waals surface area contributed by atoms with Gasteiger partial charge in [0.05, 0.1) is 23.4 Å². The van der Waals surface area contributed by atoms with Crippen LogP contribution >= 0.6 is 11.6 Å². The van der Waals surface area contributed by atoms with Crippen molar-refractivity contribution in [2.24, 2.45) is 0 Å². The smallest absolute Gasteiger partial charge is 0.337 e. The molecule has 1 aliphatic carbocycles. The van der Waals surface area contributed by atoms with Gasteiger partial charge in [-0.25, -0.2) is 4.79 Å². The number of nitrogens with one attached hydrogen (secondary N) is 2. The van der Waals surface area contributed by atoms with Crippen molar-refractivity contribution in [2.75, 3.05) is 12.4 Å². The van der Waals surface area contributed by atoms with E-state index in [1.165, 1.54) is 7.11 Å². The van der Waals surface area contributed by atoms with Crippen molar-refractivity contribution < 1.29 is 14.3 Å². The normalized spacial score (nSPS) is 13.2. The highest BCUT2D eigenvalue weighted by Crippen LogP contribution is 2.27. The number of halogens is 1. The number of carbonyl (C=O) groups is 2. The molecule has 1 saturated carbocycles. The number of nitrogens with zero attached hydrogens (tertiary/aromatic N) is 1. The molecule has 0 aliphatic heterocycles. The molecule has 6 nitrogen and oxygen atoms in total. The van der Waals surface area contributed by atoms with Crippen LogP contribution in [-0.4, -0.2) is 30.0 Å². The van der Waals surface area contributed by atoms with Crippen LogP contribution in [0.1, 0.15) is 33.7 Å². The summed E-state index contributed by atoms with van der Waals surface area (Å²) in [7, 11) is 1.32. The summed E-state index contributed by atoms with van der Waals surface area (Å²) >= 11 is 6.16. The largest absolute Gasteiger partial charge is 0.465 e. The summed E-state index contributed by atoms with van der Waals surface area (Å²) in [5.41, 5.74) is 1.89. The molecule has 0 radical (unpaired) electrons. The minimum Gasteiger partial charge on any atom is -0.465 e. The van der Waals surface area contributed by atoms with E-state index in [4.69, 9.17) is 16.3 Å². The fourth-order valence-corrected chi connectivity index (χ4v) is 2.31. The van der Waals surface area contributed by atoms with Gasteiger partial charge in [-0.15, -0.1) is 0 Å². The Morgan fingerprint density at radius 3 is 2.75 bits per heavy atom. The maximum Gasteiger partial charge on any atom is 0.337 e. The number of aromatic nitrogens is 1. The average Bonchev–Trinajstić information content (AvgIpc) is 3.40. The van der Waals surface area contributed by atoms with Crippen LogP contribution in [0, 0.1) is 0 Å². The predicted molar refractivity (Wildman–Crippen MR) is 90.8 cm³/mol. The first-order valence-corrected chi connectivity index (χ1v) is 7.86. The van der Waals surface area contributed by atoms with Crippen LogP contribution < -0.4 is 10.6 Å². The van der Waals surface area contributed by atoms with E-state index in [2.05, 4.69) is 15.6 Å². The van der Waals surface area contributed by atoms with Crippen molar-refractivity contribution in [1.82, 2.24) is 10.3 Å². The van der Waals surface area contributed by atoms with Gasteiger partial charge in [0.15, 0.2) is 0 Å². The first-order valence-electron chi connectivity index (χ1n) is 7.48. The highest BCUT2D eigenvalue weighted by atomic mass is 35.5. The van der Waals surface area contributed by atoms with Crippen LogP contribution in [0.3, 0.4) is 0 Å². The third-order valence-corrected chi connectivity index (χ3v) is 3.90. The van der Waals surface area contributed by atoms with E-state index in [-0.39, 0.29) is 11.9 Å². The van der Waals surface area contributed by atoms with Crippen LogP contribution in [0.25, 0.3) is 0 Å². The second-order valence-corrected chi connectivity index (χ2v) is 5.90. The number of pyridine rings is 1. The van der Waals surface area contributed by atoms with Crippen molar-refractivity contribution in [1.29, 1.82) is 0 Å². The summed E-state index contributed by atoms with van der Waals surface area (Å²) in [6.07, 6.45) is 3.57. The van der Waals surface area contributed by atoms with Gasteiger partial charge in [-0.3, -0.25) is 9.78 Å². The first kappa shape index (κ1) is 16.3. The van der Waals surface area contributed by atoms with E-state index in [0.717, 1.165) is 12.8 Å². The van der Waals surface area contributed by atoms with Crippen LogP contribution in [-0.2, 0) is 4.74 Å². The topological polar surface area (TPSA) is 80.3 Å². The monoisotopic (exact) mass is 345 g/mol. The van der Waals surface area contributed by atoms with E-state index in [9.17, 15) is 9.59 Å². The Morgan fingerprint density at radius 1 is 1.25 bits per heavy atom. The van der Waals surface area contributed by atoms with Gasteiger partial charge < -0.3 is 15.4 Å². The van der Waals surface area contributed by atoms with Crippen molar-refractivity contribution in [2.45, 2.75) is 18.9 Å². The summed E-state index contributed by atoms with van der Waals surface area (Å²) < 4.78 is 4.70. The van der Waals surface area contributed by atoms with Gasteiger partial charge in [0.25, 0.3) is 5.91 Å². The van der Waals surface area contributed by atoms with E-state index in [0.29, 0.717) is 27.7 Å². The molecule has 0 saturated heterocycles. The second kappa shape index (κ2) is 6.88. The average molecular weight is 346 g/mol. The molecule has 1 aliphatic rings. The third-order valence-electron chi connectivity index (χ3n) is 3.57. The number of amides is 1. The zero-order valence-corrected chi connectivity index (χ0v) is 13.8. The van der Waals surface area contributed by atoms with E-state index in [1.54, 1.807) is 36.5 Å². The van der Waals surface area contributed by atoms with Crippen molar-refractivity contribution in [3.8, 4) is 0 Å². The molecule has 24 heavy (non-hydrogen) atoms. The molecular formula is C17H16ClN3O3.